The van der Waals surface area contributed by atoms with E-state index in [1.165, 1.54) is 44.4 Å². The van der Waals surface area contributed by atoms with Crippen molar-refractivity contribution in [1.82, 2.24) is 35.0 Å². The van der Waals surface area contributed by atoms with Gasteiger partial charge in [0.05, 0.1) is 83.4 Å². The van der Waals surface area contributed by atoms with Crippen LogP contribution in [-0.4, -0.2) is 134 Å². The van der Waals surface area contributed by atoms with Crippen molar-refractivity contribution >= 4 is 61.7 Å². The number of carbonyl (C=O) groups is 4. The van der Waals surface area contributed by atoms with Crippen LogP contribution < -0.4 is 35.8 Å². The van der Waals surface area contributed by atoms with Gasteiger partial charge in [-0.1, -0.05) is 64.1 Å². The SMILES string of the molecule is CCCOc1cccc(Oc2cc3c(cc2NS(=O)(=O)c2cccc(C(=O)NCCOCCOCCOCC(=O)N[C@@H](C(=O)N4C[C@@H](O)C[C@@H]4C(=O)NCc4ccc(-c5scnc5C)cc4)C(C)(C)C)c2)n(C)c(=O)n3C)c1. The number of amides is 4. The highest BCUT2D eigenvalue weighted by Crippen LogP contribution is 2.36. The number of benzene rings is 4. The first-order valence-corrected chi connectivity index (χ1v) is 27.9. The number of β-amino-alcohol motifs (C(OH)–C–C–N with tert-alkyl or cyclic N) is 1. The molecule has 3 heterocycles. The quantitative estimate of drug-likeness (QED) is 0.0433. The second-order valence-electron chi connectivity index (χ2n) is 19.8. The predicted molar refractivity (Wildman–Crippen MR) is 294 cm³/mol. The number of imidazole rings is 1. The van der Waals surface area contributed by atoms with Gasteiger partial charge in [-0.25, -0.2) is 18.2 Å². The van der Waals surface area contributed by atoms with Gasteiger partial charge in [-0.15, -0.1) is 11.3 Å². The summed E-state index contributed by atoms with van der Waals surface area (Å²) in [6, 6.07) is 21.4. The van der Waals surface area contributed by atoms with Crippen molar-refractivity contribution < 1.29 is 56.4 Å². The minimum absolute atomic E-state index is 0.0529. The number of thiazole rings is 1. The third kappa shape index (κ3) is 15.1. The van der Waals surface area contributed by atoms with E-state index in [-0.39, 0.29) is 93.3 Å². The summed E-state index contributed by atoms with van der Waals surface area (Å²) >= 11 is 1.56. The molecule has 418 valence electrons. The Morgan fingerprint density at radius 1 is 0.846 bits per heavy atom. The van der Waals surface area contributed by atoms with Crippen molar-refractivity contribution in [1.29, 1.82) is 0 Å². The molecule has 1 aliphatic rings. The molecular weight excluding hydrogens is 1040 g/mol. The number of hydrogen-bond donors (Lipinski definition) is 5. The maximum Gasteiger partial charge on any atom is 0.328 e. The number of ether oxygens (including phenoxy) is 5. The summed E-state index contributed by atoms with van der Waals surface area (Å²) in [7, 11) is -1.11. The van der Waals surface area contributed by atoms with E-state index in [0.717, 1.165) is 28.1 Å². The first kappa shape index (κ1) is 58.5. The predicted octanol–water partition coefficient (Wildman–Crippen LogP) is 5.28. The van der Waals surface area contributed by atoms with Gasteiger partial charge in [-0.3, -0.25) is 33.0 Å². The third-order valence-electron chi connectivity index (χ3n) is 12.8. The zero-order valence-electron chi connectivity index (χ0n) is 44.8. The number of likely N-dealkylation sites (tertiary alicyclic amines) is 1. The smallest absolute Gasteiger partial charge is 0.328 e. The number of aryl methyl sites for hydroxylation is 3. The number of aliphatic hydroxyl groups excluding tert-OH is 1. The van der Waals surface area contributed by atoms with Gasteiger partial charge < -0.3 is 49.6 Å². The number of sulfonamides is 1. The van der Waals surface area contributed by atoms with Crippen molar-refractivity contribution in [2.24, 2.45) is 19.5 Å². The number of aliphatic hydroxyl groups is 1. The number of hydrogen-bond acceptors (Lipinski definition) is 15. The molecule has 0 saturated carbocycles. The zero-order chi connectivity index (χ0) is 56.1. The molecule has 1 aliphatic heterocycles. The van der Waals surface area contributed by atoms with Gasteiger partial charge in [0.25, 0.3) is 15.9 Å². The van der Waals surface area contributed by atoms with Gasteiger partial charge in [0.15, 0.2) is 5.75 Å². The molecule has 5 N–H and O–H groups in total. The number of carbonyl (C=O) groups excluding carboxylic acids is 4. The number of nitrogens with zero attached hydrogens (tertiary/aromatic N) is 4. The largest absolute Gasteiger partial charge is 0.493 e. The molecule has 7 rings (SSSR count). The number of aromatic nitrogens is 3. The Bertz CT molecular complexity index is 3240. The zero-order valence-corrected chi connectivity index (χ0v) is 46.5. The van der Waals surface area contributed by atoms with Crippen molar-refractivity contribution in [2.75, 3.05) is 64.1 Å². The number of rotatable bonds is 26. The lowest BCUT2D eigenvalue weighted by Gasteiger charge is -2.35. The van der Waals surface area contributed by atoms with Gasteiger partial charge in [-0.05, 0) is 66.3 Å². The average molecular weight is 1110 g/mol. The lowest BCUT2D eigenvalue weighted by atomic mass is 9.85. The summed E-state index contributed by atoms with van der Waals surface area (Å²) in [6.07, 6.45) is -0.0394. The summed E-state index contributed by atoms with van der Waals surface area (Å²) in [4.78, 5) is 73.0. The Balaban J connectivity index is 0.809. The molecule has 23 heteroatoms. The van der Waals surface area contributed by atoms with Crippen LogP contribution in [-0.2, 0) is 59.3 Å². The molecule has 0 unspecified atom stereocenters. The minimum Gasteiger partial charge on any atom is -0.493 e. The molecule has 78 heavy (non-hydrogen) atoms. The Morgan fingerprint density at radius 2 is 1.53 bits per heavy atom. The fourth-order valence-corrected chi connectivity index (χ4v) is 10.5. The number of nitrogens with one attached hydrogen (secondary N) is 4. The molecule has 4 amide bonds. The second kappa shape index (κ2) is 26.5. The van der Waals surface area contributed by atoms with E-state index in [0.29, 0.717) is 29.1 Å². The number of anilines is 1. The Labute approximate surface area is 457 Å². The first-order valence-electron chi connectivity index (χ1n) is 25.5. The summed E-state index contributed by atoms with van der Waals surface area (Å²) in [5, 5.41) is 19.0. The Morgan fingerprint density at radius 3 is 2.22 bits per heavy atom. The molecule has 0 radical (unpaired) electrons. The molecule has 1 fully saturated rings. The van der Waals surface area contributed by atoms with E-state index in [9.17, 15) is 37.5 Å². The highest BCUT2D eigenvalue weighted by Gasteiger charge is 2.44. The molecule has 2 aromatic heterocycles. The highest BCUT2D eigenvalue weighted by molar-refractivity contribution is 7.92. The van der Waals surface area contributed by atoms with E-state index in [4.69, 9.17) is 23.7 Å². The summed E-state index contributed by atoms with van der Waals surface area (Å²) in [5.74, 6) is -0.873. The minimum atomic E-state index is -4.30. The maximum absolute atomic E-state index is 14.0. The normalized spacial score (nSPS) is 15.0. The van der Waals surface area contributed by atoms with E-state index in [1.54, 1.807) is 82.0 Å². The van der Waals surface area contributed by atoms with Crippen LogP contribution in [0.3, 0.4) is 0 Å². The Hall–Kier alpha value is -7.15. The van der Waals surface area contributed by atoms with Crippen LogP contribution in [0.25, 0.3) is 21.5 Å². The molecule has 0 bridgehead atoms. The third-order valence-corrected chi connectivity index (χ3v) is 15.1. The molecule has 0 aliphatic carbocycles. The fraction of sp³-hybridized carbons (Fsp3) is 0.418. The van der Waals surface area contributed by atoms with Crippen LogP contribution in [0.15, 0.2) is 100 Å². The topological polar surface area (TPSA) is 260 Å². The van der Waals surface area contributed by atoms with Gasteiger partial charge >= 0.3 is 5.69 Å². The number of fused-ring (bicyclic) bond motifs is 1. The fourth-order valence-electron chi connectivity index (χ4n) is 8.60. The molecule has 4 aromatic carbocycles. The van der Waals surface area contributed by atoms with Crippen molar-refractivity contribution in [3.05, 3.63) is 118 Å². The van der Waals surface area contributed by atoms with Crippen LogP contribution in [0.4, 0.5) is 5.69 Å². The molecule has 0 spiro atoms. The lowest BCUT2D eigenvalue weighted by Crippen LogP contribution is -2.58. The van der Waals surface area contributed by atoms with Crippen LogP contribution in [0.2, 0.25) is 0 Å². The molecule has 6 aromatic rings. The summed E-state index contributed by atoms with van der Waals surface area (Å²) in [5.41, 5.74) is 4.71. The van der Waals surface area contributed by atoms with Crippen molar-refractivity contribution in [3.63, 3.8) is 0 Å². The van der Waals surface area contributed by atoms with E-state index >= 15 is 0 Å². The van der Waals surface area contributed by atoms with Crippen LogP contribution in [0.5, 0.6) is 17.2 Å². The van der Waals surface area contributed by atoms with Gasteiger partial charge in [0.2, 0.25) is 17.7 Å². The van der Waals surface area contributed by atoms with E-state index in [1.807, 2.05) is 38.1 Å². The molecule has 21 nitrogen and oxygen atoms in total. The second-order valence-corrected chi connectivity index (χ2v) is 22.3. The van der Waals surface area contributed by atoms with Gasteiger partial charge in [-0.2, -0.15) is 0 Å². The van der Waals surface area contributed by atoms with Gasteiger partial charge in [0, 0.05) is 57.8 Å². The molecule has 3 atom stereocenters. The van der Waals surface area contributed by atoms with Crippen LogP contribution >= 0.6 is 11.3 Å². The van der Waals surface area contributed by atoms with E-state index in [2.05, 4.69) is 25.7 Å². The Kier molecular flexibility index (Phi) is 19.9. The van der Waals surface area contributed by atoms with E-state index < -0.39 is 57.3 Å². The monoisotopic (exact) mass is 1110 g/mol. The van der Waals surface area contributed by atoms with Crippen LogP contribution in [0, 0.1) is 12.3 Å². The highest BCUT2D eigenvalue weighted by atomic mass is 32.2. The maximum atomic E-state index is 14.0. The van der Waals surface area contributed by atoms with Gasteiger partial charge in [0.1, 0.15) is 30.2 Å². The first-order chi connectivity index (χ1) is 37.2. The summed E-state index contributed by atoms with van der Waals surface area (Å²) in [6.45, 7) is 10.5. The lowest BCUT2D eigenvalue weighted by molar-refractivity contribution is -0.144. The van der Waals surface area contributed by atoms with Crippen molar-refractivity contribution in [2.45, 2.75) is 77.1 Å². The van der Waals surface area contributed by atoms with Crippen LogP contribution in [0.1, 0.15) is 62.2 Å². The molecular formula is C55H68N8O13S2. The van der Waals surface area contributed by atoms with Crippen molar-refractivity contribution in [3.8, 4) is 27.7 Å². The molecule has 1 saturated heterocycles. The standard InChI is InChI=1S/C55H68N8O13S2/c1-8-20-75-40-12-10-13-41(28-40)76-47-30-45-44(61(6)54(69)62(45)7)29-43(47)60-78(70,71)42-14-9-11-38(26-42)51(66)56-19-21-72-22-23-73-24-25-74-33-48(65)59-50(55(3,4)5)53(68)63-32-39(64)27-46(63)52(67)57-31-36-15-17-37(18-16-36)49-35(2)58-34-77-49/h9-18,26,28-30,34,39,46,50,60,64H,8,19-25,27,31-33H2,1-7H3,(H,56,66)(H,57,67)(H,59,65)/t39-,46+,50-/m0/s1. The summed E-state index contributed by atoms with van der Waals surface area (Å²) < 4.78 is 61.8. The average Bonchev–Trinajstić information content (AvgIpc) is 4.25.